The van der Waals surface area contributed by atoms with Crippen LogP contribution in [-0.2, 0) is 10.0 Å². The van der Waals surface area contributed by atoms with Gasteiger partial charge >= 0.3 is 0 Å². The highest BCUT2D eigenvalue weighted by molar-refractivity contribution is 7.89. The molecular formula is C18H17N5O3S. The van der Waals surface area contributed by atoms with E-state index >= 15 is 0 Å². The third-order valence-electron chi connectivity index (χ3n) is 3.85. The molecular weight excluding hydrogens is 366 g/mol. The lowest BCUT2D eigenvalue weighted by Crippen LogP contribution is -2.28. The van der Waals surface area contributed by atoms with Crippen molar-refractivity contribution in [3.05, 3.63) is 60.0 Å². The molecule has 0 aliphatic carbocycles. The van der Waals surface area contributed by atoms with Gasteiger partial charge in [0.1, 0.15) is 0 Å². The van der Waals surface area contributed by atoms with Crippen LogP contribution in [0.15, 0.2) is 53.6 Å². The van der Waals surface area contributed by atoms with Crippen LogP contribution in [0.3, 0.4) is 0 Å². The average Bonchev–Trinajstić information content (AvgIpc) is 3.11. The number of rotatable bonds is 6. The number of benzene rings is 1. The molecule has 1 atom stereocenters. The number of hydrogen-bond donors (Lipinski definition) is 2. The van der Waals surface area contributed by atoms with Crippen molar-refractivity contribution < 1.29 is 13.2 Å². The molecule has 0 saturated heterocycles. The minimum absolute atomic E-state index is 0.0361. The van der Waals surface area contributed by atoms with E-state index in [9.17, 15) is 13.2 Å². The lowest BCUT2D eigenvalue weighted by molar-refractivity contribution is 0.0938. The summed E-state index contributed by atoms with van der Waals surface area (Å²) in [7, 11) is -3.78. The molecule has 1 amide bonds. The van der Waals surface area contributed by atoms with Crippen LogP contribution in [-0.4, -0.2) is 35.5 Å². The monoisotopic (exact) mass is 383 g/mol. The number of sulfonamides is 1. The summed E-state index contributed by atoms with van der Waals surface area (Å²) in [5, 5.41) is 11.0. The molecule has 2 N–H and O–H groups in total. The van der Waals surface area contributed by atoms with Crippen molar-refractivity contribution in [1.82, 2.24) is 24.6 Å². The number of hydrogen-bond acceptors (Lipinski definition) is 5. The topological polar surface area (TPSA) is 105 Å². The number of pyridine rings is 1. The molecule has 9 heteroatoms. The SMILES string of the molecule is C#CCNS(=O)(=O)c1cccc(C(=O)NC(C)c2nnc3ccccn23)c1. The van der Waals surface area contributed by atoms with Crippen molar-refractivity contribution in [1.29, 1.82) is 0 Å². The molecule has 3 rings (SSSR count). The van der Waals surface area contributed by atoms with E-state index in [-0.39, 0.29) is 17.0 Å². The molecule has 0 aliphatic rings. The van der Waals surface area contributed by atoms with Gasteiger partial charge in [-0.2, -0.15) is 4.72 Å². The van der Waals surface area contributed by atoms with E-state index < -0.39 is 22.0 Å². The van der Waals surface area contributed by atoms with E-state index in [2.05, 4.69) is 26.2 Å². The standard InChI is InChI=1S/C18H17N5O3S/c1-3-10-19-27(25,26)15-8-6-7-14(12-15)18(24)20-13(2)17-22-21-16-9-4-5-11-23(16)17/h1,4-9,11-13,19H,10H2,2H3,(H,20,24). The number of aromatic nitrogens is 3. The quantitative estimate of drug-likeness (QED) is 0.621. The Balaban J connectivity index is 1.80. The number of nitrogens with zero attached hydrogens (tertiary/aromatic N) is 3. The molecule has 138 valence electrons. The Kier molecular flexibility index (Phi) is 5.21. The van der Waals surface area contributed by atoms with Gasteiger partial charge in [-0.3, -0.25) is 9.20 Å². The van der Waals surface area contributed by atoms with E-state index in [0.29, 0.717) is 11.5 Å². The van der Waals surface area contributed by atoms with Gasteiger partial charge in [0.2, 0.25) is 10.0 Å². The first kappa shape index (κ1) is 18.6. The lowest BCUT2D eigenvalue weighted by atomic mass is 10.2. The molecule has 0 saturated carbocycles. The van der Waals surface area contributed by atoms with Crippen molar-refractivity contribution >= 4 is 21.6 Å². The summed E-state index contributed by atoms with van der Waals surface area (Å²) in [5.41, 5.74) is 0.875. The smallest absolute Gasteiger partial charge is 0.251 e. The molecule has 8 nitrogen and oxygen atoms in total. The number of carbonyl (C=O) groups is 1. The van der Waals surface area contributed by atoms with E-state index in [4.69, 9.17) is 6.42 Å². The van der Waals surface area contributed by atoms with Gasteiger partial charge in [-0.15, -0.1) is 16.6 Å². The van der Waals surface area contributed by atoms with Gasteiger partial charge in [-0.25, -0.2) is 8.42 Å². The summed E-state index contributed by atoms with van der Waals surface area (Å²) in [4.78, 5) is 12.5. The van der Waals surface area contributed by atoms with Gasteiger partial charge in [0, 0.05) is 11.8 Å². The third kappa shape index (κ3) is 3.97. The Labute approximate surface area is 156 Å². The molecule has 0 aliphatic heterocycles. The van der Waals surface area contributed by atoms with Gasteiger partial charge in [-0.05, 0) is 37.3 Å². The minimum atomic E-state index is -3.78. The zero-order valence-electron chi connectivity index (χ0n) is 14.5. The zero-order valence-corrected chi connectivity index (χ0v) is 15.3. The predicted octanol–water partition coefficient (Wildman–Crippen LogP) is 1.13. The second-order valence-electron chi connectivity index (χ2n) is 5.74. The fraction of sp³-hybridized carbons (Fsp3) is 0.167. The molecule has 1 aromatic carbocycles. The Morgan fingerprint density at radius 1 is 1.26 bits per heavy atom. The molecule has 0 bridgehead atoms. The summed E-state index contributed by atoms with van der Waals surface area (Å²) < 4.78 is 28.4. The Bertz CT molecular complexity index is 1130. The van der Waals surface area contributed by atoms with Crippen LogP contribution in [0.1, 0.15) is 29.1 Å². The van der Waals surface area contributed by atoms with Crippen LogP contribution in [0, 0.1) is 12.3 Å². The van der Waals surface area contributed by atoms with E-state index in [1.54, 1.807) is 17.5 Å². The van der Waals surface area contributed by atoms with Crippen LogP contribution in [0.5, 0.6) is 0 Å². The summed E-state index contributed by atoms with van der Waals surface area (Å²) >= 11 is 0. The first-order chi connectivity index (χ1) is 12.9. The number of fused-ring (bicyclic) bond motifs is 1. The van der Waals surface area contributed by atoms with Crippen molar-refractivity contribution in [3.8, 4) is 12.3 Å². The van der Waals surface area contributed by atoms with Gasteiger partial charge in [0.15, 0.2) is 11.5 Å². The van der Waals surface area contributed by atoms with E-state index in [1.807, 2.05) is 18.2 Å². The summed E-state index contributed by atoms with van der Waals surface area (Å²) in [6, 6.07) is 10.8. The van der Waals surface area contributed by atoms with E-state index in [0.717, 1.165) is 0 Å². The average molecular weight is 383 g/mol. The number of terminal acetylenes is 1. The molecule has 3 aromatic rings. The predicted molar refractivity (Wildman–Crippen MR) is 99.3 cm³/mol. The third-order valence-corrected chi connectivity index (χ3v) is 5.24. The highest BCUT2D eigenvalue weighted by Crippen LogP contribution is 2.15. The largest absolute Gasteiger partial charge is 0.342 e. The second kappa shape index (κ2) is 7.57. The van der Waals surface area contributed by atoms with Crippen molar-refractivity contribution in [2.45, 2.75) is 17.9 Å². The molecule has 0 fully saturated rings. The number of carbonyl (C=O) groups excluding carboxylic acids is 1. The summed E-state index contributed by atoms with van der Waals surface area (Å²) in [6.07, 6.45) is 6.88. The molecule has 0 radical (unpaired) electrons. The van der Waals surface area contributed by atoms with Gasteiger partial charge in [-0.1, -0.05) is 18.1 Å². The molecule has 2 heterocycles. The van der Waals surface area contributed by atoms with Gasteiger partial charge < -0.3 is 5.32 Å². The van der Waals surface area contributed by atoms with E-state index in [1.165, 1.54) is 24.3 Å². The second-order valence-corrected chi connectivity index (χ2v) is 7.51. The van der Waals surface area contributed by atoms with Crippen LogP contribution in [0.25, 0.3) is 5.65 Å². The fourth-order valence-corrected chi connectivity index (χ4v) is 3.50. The maximum Gasteiger partial charge on any atom is 0.251 e. The highest BCUT2D eigenvalue weighted by atomic mass is 32.2. The summed E-state index contributed by atoms with van der Waals surface area (Å²) in [5.74, 6) is 2.34. The summed E-state index contributed by atoms with van der Waals surface area (Å²) in [6.45, 7) is 1.65. The number of amides is 1. The first-order valence-electron chi connectivity index (χ1n) is 8.06. The highest BCUT2D eigenvalue weighted by Gasteiger charge is 2.19. The Morgan fingerprint density at radius 2 is 2.07 bits per heavy atom. The van der Waals surface area contributed by atoms with Crippen LogP contribution >= 0.6 is 0 Å². The first-order valence-corrected chi connectivity index (χ1v) is 9.54. The lowest BCUT2D eigenvalue weighted by Gasteiger charge is -2.13. The number of nitrogens with one attached hydrogen (secondary N) is 2. The van der Waals surface area contributed by atoms with Gasteiger partial charge in [0.05, 0.1) is 17.5 Å². The Hall–Kier alpha value is -3.22. The van der Waals surface area contributed by atoms with Crippen LogP contribution in [0.4, 0.5) is 0 Å². The zero-order chi connectivity index (χ0) is 19.4. The fourth-order valence-electron chi connectivity index (χ4n) is 2.52. The Morgan fingerprint density at radius 3 is 2.85 bits per heavy atom. The molecule has 1 unspecified atom stereocenters. The molecule has 0 spiro atoms. The normalized spacial score (nSPS) is 12.4. The van der Waals surface area contributed by atoms with Crippen LogP contribution in [0.2, 0.25) is 0 Å². The maximum absolute atomic E-state index is 12.6. The maximum atomic E-state index is 12.6. The van der Waals surface area contributed by atoms with Crippen LogP contribution < -0.4 is 10.0 Å². The minimum Gasteiger partial charge on any atom is -0.342 e. The van der Waals surface area contributed by atoms with Crippen molar-refractivity contribution in [3.63, 3.8) is 0 Å². The van der Waals surface area contributed by atoms with Gasteiger partial charge in [0.25, 0.3) is 5.91 Å². The van der Waals surface area contributed by atoms with Crippen molar-refractivity contribution in [2.75, 3.05) is 6.54 Å². The molecule has 27 heavy (non-hydrogen) atoms. The molecule has 2 aromatic heterocycles. The van der Waals surface area contributed by atoms with Crippen molar-refractivity contribution in [2.24, 2.45) is 0 Å².